The predicted octanol–water partition coefficient (Wildman–Crippen LogP) is 5.44. The number of amides is 1. The van der Waals surface area contributed by atoms with Gasteiger partial charge in [-0.1, -0.05) is 60.7 Å². The van der Waals surface area contributed by atoms with E-state index in [0.29, 0.717) is 28.6 Å². The van der Waals surface area contributed by atoms with Crippen LogP contribution in [0.1, 0.15) is 11.1 Å². The normalized spacial score (nSPS) is 16.3. The van der Waals surface area contributed by atoms with Crippen LogP contribution >= 0.6 is 11.8 Å². The fourth-order valence-electron chi connectivity index (χ4n) is 3.17. The Balaban J connectivity index is 1.64. The van der Waals surface area contributed by atoms with Crippen LogP contribution in [0.2, 0.25) is 0 Å². The number of carbonyl (C=O) groups excluding carboxylic acids is 1. The zero-order chi connectivity index (χ0) is 21.6. The summed E-state index contributed by atoms with van der Waals surface area (Å²) in [5, 5.41) is 11.7. The topological polar surface area (TPSA) is 75.8 Å². The van der Waals surface area contributed by atoms with Crippen molar-refractivity contribution in [2.24, 2.45) is 4.99 Å². The van der Waals surface area contributed by atoms with Gasteiger partial charge in [0.1, 0.15) is 0 Å². The summed E-state index contributed by atoms with van der Waals surface area (Å²) in [4.78, 5) is 30.6. The molecular weight excluding hydrogens is 410 g/mol. The molecule has 3 aromatic carbocycles. The number of para-hydroxylation sites is 1. The van der Waals surface area contributed by atoms with E-state index in [-0.39, 0.29) is 11.6 Å². The van der Waals surface area contributed by atoms with Crippen molar-refractivity contribution in [1.29, 1.82) is 0 Å². The molecule has 1 aliphatic heterocycles. The number of rotatable bonds is 6. The highest BCUT2D eigenvalue weighted by Gasteiger charge is 2.33. The van der Waals surface area contributed by atoms with Crippen LogP contribution in [0.5, 0.6) is 0 Å². The fourth-order valence-corrected chi connectivity index (χ4v) is 4.19. The second-order valence-corrected chi connectivity index (χ2v) is 7.89. The molecule has 1 saturated heterocycles. The number of thioether (sulfide) groups is 1. The summed E-state index contributed by atoms with van der Waals surface area (Å²) in [7, 11) is 0. The maximum atomic E-state index is 13.2. The van der Waals surface area contributed by atoms with Crippen molar-refractivity contribution in [3.63, 3.8) is 0 Å². The standard InChI is InChI=1S/C24H19N3O3S/c28-23-22(17-19-10-7-13-21(16-19)27(29)30)31-24(25-20-11-5-2-6-12-20)26(23)15-14-18-8-3-1-4-9-18/h1-13,16-17H,14-15H2/b22-17+,25-24?. The van der Waals surface area contributed by atoms with Crippen molar-refractivity contribution in [2.75, 3.05) is 6.54 Å². The lowest BCUT2D eigenvalue weighted by molar-refractivity contribution is -0.384. The fraction of sp³-hybridized carbons (Fsp3) is 0.0833. The minimum absolute atomic E-state index is 0.0103. The van der Waals surface area contributed by atoms with E-state index < -0.39 is 4.92 Å². The molecule has 0 aliphatic carbocycles. The molecule has 154 valence electrons. The number of non-ortho nitro benzene ring substituents is 1. The molecule has 0 unspecified atom stereocenters. The summed E-state index contributed by atoms with van der Waals surface area (Å²) in [5.74, 6) is -0.151. The second-order valence-electron chi connectivity index (χ2n) is 6.89. The van der Waals surface area contributed by atoms with Crippen molar-refractivity contribution in [3.05, 3.63) is 111 Å². The van der Waals surface area contributed by atoms with Crippen LogP contribution in [0.3, 0.4) is 0 Å². The number of carbonyl (C=O) groups is 1. The van der Waals surface area contributed by atoms with Gasteiger partial charge in [-0.05, 0) is 47.5 Å². The first-order valence-corrected chi connectivity index (χ1v) is 10.6. The summed E-state index contributed by atoms with van der Waals surface area (Å²) < 4.78 is 0. The third kappa shape index (κ3) is 5.07. The molecule has 0 saturated carbocycles. The Hall–Kier alpha value is -3.71. The number of amidine groups is 1. The van der Waals surface area contributed by atoms with E-state index >= 15 is 0 Å². The molecule has 0 radical (unpaired) electrons. The van der Waals surface area contributed by atoms with E-state index in [1.807, 2.05) is 60.7 Å². The van der Waals surface area contributed by atoms with Gasteiger partial charge in [-0.3, -0.25) is 19.8 Å². The van der Waals surface area contributed by atoms with Crippen LogP contribution in [-0.4, -0.2) is 27.4 Å². The lowest BCUT2D eigenvalue weighted by Crippen LogP contribution is -2.31. The van der Waals surface area contributed by atoms with Crippen molar-refractivity contribution < 1.29 is 9.72 Å². The van der Waals surface area contributed by atoms with Crippen LogP contribution in [0.25, 0.3) is 6.08 Å². The van der Waals surface area contributed by atoms with Gasteiger partial charge in [0, 0.05) is 18.7 Å². The summed E-state index contributed by atoms with van der Waals surface area (Å²) in [6.45, 7) is 0.494. The summed E-state index contributed by atoms with van der Waals surface area (Å²) in [6, 6.07) is 25.7. The number of hydrogen-bond donors (Lipinski definition) is 0. The van der Waals surface area contributed by atoms with Crippen LogP contribution in [0, 0.1) is 10.1 Å². The zero-order valence-corrected chi connectivity index (χ0v) is 17.4. The predicted molar refractivity (Wildman–Crippen MR) is 124 cm³/mol. The number of benzene rings is 3. The van der Waals surface area contributed by atoms with Crippen LogP contribution in [0.15, 0.2) is 94.8 Å². The largest absolute Gasteiger partial charge is 0.286 e. The first kappa shape index (κ1) is 20.6. The Kier molecular flexibility index (Phi) is 6.24. The van der Waals surface area contributed by atoms with Crippen LogP contribution in [-0.2, 0) is 11.2 Å². The molecule has 6 nitrogen and oxygen atoms in total. The molecule has 0 bridgehead atoms. The number of aliphatic imine (C=N–C) groups is 1. The molecule has 0 spiro atoms. The average Bonchev–Trinajstić information content (AvgIpc) is 3.07. The Labute approximate surface area is 184 Å². The van der Waals surface area contributed by atoms with Gasteiger partial charge in [-0.2, -0.15) is 0 Å². The van der Waals surface area contributed by atoms with Gasteiger partial charge >= 0.3 is 0 Å². The number of hydrogen-bond acceptors (Lipinski definition) is 5. The Morgan fingerprint density at radius 2 is 1.68 bits per heavy atom. The van der Waals surface area contributed by atoms with Gasteiger partial charge in [-0.15, -0.1) is 0 Å². The molecule has 0 aromatic heterocycles. The first-order chi connectivity index (χ1) is 15.1. The molecule has 31 heavy (non-hydrogen) atoms. The van der Waals surface area contributed by atoms with Gasteiger partial charge < -0.3 is 0 Å². The Morgan fingerprint density at radius 3 is 2.39 bits per heavy atom. The molecule has 1 aliphatic rings. The highest BCUT2D eigenvalue weighted by atomic mass is 32.2. The van der Waals surface area contributed by atoms with Gasteiger partial charge in [0.15, 0.2) is 5.17 Å². The quantitative estimate of drug-likeness (QED) is 0.297. The van der Waals surface area contributed by atoms with E-state index in [9.17, 15) is 14.9 Å². The van der Waals surface area contributed by atoms with E-state index in [1.165, 1.54) is 23.9 Å². The molecule has 4 rings (SSSR count). The molecule has 0 N–H and O–H groups in total. The smallest absolute Gasteiger partial charge is 0.270 e. The van der Waals surface area contributed by atoms with Crippen LogP contribution in [0.4, 0.5) is 11.4 Å². The molecular formula is C24H19N3O3S. The van der Waals surface area contributed by atoms with Crippen molar-refractivity contribution >= 4 is 40.3 Å². The third-order valence-corrected chi connectivity index (χ3v) is 5.72. The van der Waals surface area contributed by atoms with Gasteiger partial charge in [0.25, 0.3) is 11.6 Å². The molecule has 1 fully saturated rings. The summed E-state index contributed by atoms with van der Waals surface area (Å²) in [6.07, 6.45) is 2.38. The summed E-state index contributed by atoms with van der Waals surface area (Å²) in [5.41, 5.74) is 2.49. The monoisotopic (exact) mass is 429 g/mol. The minimum Gasteiger partial charge on any atom is -0.286 e. The van der Waals surface area contributed by atoms with Gasteiger partial charge in [0.05, 0.1) is 15.5 Å². The lowest BCUT2D eigenvalue weighted by Gasteiger charge is -2.15. The number of nitrogens with zero attached hydrogens (tertiary/aromatic N) is 3. The second kappa shape index (κ2) is 9.40. The summed E-state index contributed by atoms with van der Waals surface area (Å²) >= 11 is 1.28. The number of nitro groups is 1. The molecule has 7 heteroatoms. The van der Waals surface area contributed by atoms with E-state index in [4.69, 9.17) is 0 Å². The minimum atomic E-state index is -0.444. The first-order valence-electron chi connectivity index (χ1n) is 9.74. The maximum absolute atomic E-state index is 13.2. The van der Waals surface area contributed by atoms with E-state index in [0.717, 1.165) is 11.3 Å². The van der Waals surface area contributed by atoms with Gasteiger partial charge in [-0.25, -0.2) is 4.99 Å². The maximum Gasteiger partial charge on any atom is 0.270 e. The van der Waals surface area contributed by atoms with Crippen LogP contribution < -0.4 is 0 Å². The molecule has 1 heterocycles. The highest BCUT2D eigenvalue weighted by Crippen LogP contribution is 2.34. The SMILES string of the molecule is O=C1/C(=C\c2cccc([N+](=O)[O-])c2)SC(=Nc2ccccc2)N1CCc1ccccc1. The Bertz CT molecular complexity index is 1160. The van der Waals surface area contributed by atoms with Gasteiger partial charge in [0.2, 0.25) is 0 Å². The molecule has 1 amide bonds. The third-order valence-electron chi connectivity index (χ3n) is 4.71. The average molecular weight is 430 g/mol. The lowest BCUT2D eigenvalue weighted by atomic mass is 10.1. The molecule has 3 aromatic rings. The van der Waals surface area contributed by atoms with E-state index in [1.54, 1.807) is 23.1 Å². The zero-order valence-electron chi connectivity index (χ0n) is 16.5. The van der Waals surface area contributed by atoms with Crippen molar-refractivity contribution in [3.8, 4) is 0 Å². The number of nitro benzene ring substituents is 1. The highest BCUT2D eigenvalue weighted by molar-refractivity contribution is 8.18. The van der Waals surface area contributed by atoms with Crippen molar-refractivity contribution in [1.82, 2.24) is 4.90 Å². The van der Waals surface area contributed by atoms with E-state index in [2.05, 4.69) is 4.99 Å². The molecule has 0 atom stereocenters. The van der Waals surface area contributed by atoms with Crippen molar-refractivity contribution in [2.45, 2.75) is 6.42 Å². The Morgan fingerprint density at radius 1 is 0.968 bits per heavy atom.